The number of hydrogen-bond acceptors (Lipinski definition) is 5. The summed E-state index contributed by atoms with van der Waals surface area (Å²) in [6.07, 6.45) is -0.608. The number of aliphatic hydroxyl groups is 1. The van der Waals surface area contributed by atoms with Gasteiger partial charge in [0.25, 0.3) is 0 Å². The number of halogens is 1. The molecule has 0 aliphatic rings. The van der Waals surface area contributed by atoms with E-state index in [1.165, 1.54) is 46.6 Å². The highest BCUT2D eigenvalue weighted by Gasteiger charge is 2.14. The van der Waals surface area contributed by atoms with Crippen molar-refractivity contribution in [2.75, 3.05) is 5.75 Å². The molecule has 130 valence electrons. The quantitative estimate of drug-likeness (QED) is 0.584. The van der Waals surface area contributed by atoms with Gasteiger partial charge >= 0.3 is 0 Å². The predicted octanol–water partition coefficient (Wildman–Crippen LogP) is 4.44. The number of carbonyl (C=O) groups excluding carboxylic acids is 1. The van der Waals surface area contributed by atoms with Gasteiger partial charge < -0.3 is 10.4 Å². The molecule has 0 saturated carbocycles. The Morgan fingerprint density at radius 2 is 1.96 bits per heavy atom. The molecule has 0 bridgehead atoms. The Hall–Kier alpha value is -1.67. The molecule has 0 saturated heterocycles. The van der Waals surface area contributed by atoms with Crippen LogP contribution < -0.4 is 5.32 Å². The third kappa shape index (κ3) is 5.15. The van der Waals surface area contributed by atoms with Crippen molar-refractivity contribution in [3.8, 4) is 0 Å². The van der Waals surface area contributed by atoms with Gasteiger partial charge in [-0.15, -0.1) is 34.4 Å². The lowest BCUT2D eigenvalue weighted by Crippen LogP contribution is -2.24. The van der Waals surface area contributed by atoms with E-state index in [1.54, 1.807) is 12.1 Å². The SMILES string of the molecule is O=C(CSc1ccc(F)cc1)NCc1ccc(C(O)c2cccs2)s1. The summed E-state index contributed by atoms with van der Waals surface area (Å²) in [7, 11) is 0. The Labute approximate surface area is 157 Å². The van der Waals surface area contributed by atoms with Gasteiger partial charge in [0.05, 0.1) is 12.3 Å². The Morgan fingerprint density at radius 3 is 2.68 bits per heavy atom. The molecule has 2 heterocycles. The van der Waals surface area contributed by atoms with Crippen LogP contribution in [-0.2, 0) is 11.3 Å². The molecule has 3 nitrogen and oxygen atoms in total. The lowest BCUT2D eigenvalue weighted by molar-refractivity contribution is -0.118. The van der Waals surface area contributed by atoms with Crippen LogP contribution in [-0.4, -0.2) is 16.8 Å². The minimum atomic E-state index is -0.608. The van der Waals surface area contributed by atoms with Crippen molar-refractivity contribution >= 4 is 40.3 Å². The molecular weight excluding hydrogens is 377 g/mol. The third-order valence-corrected chi connectivity index (χ3v) is 6.48. The van der Waals surface area contributed by atoms with Gasteiger partial charge in [0, 0.05) is 19.5 Å². The van der Waals surface area contributed by atoms with Crippen LogP contribution in [0.5, 0.6) is 0 Å². The van der Waals surface area contributed by atoms with E-state index in [4.69, 9.17) is 0 Å². The normalized spacial score (nSPS) is 12.1. The first-order chi connectivity index (χ1) is 12.1. The highest BCUT2D eigenvalue weighted by atomic mass is 32.2. The van der Waals surface area contributed by atoms with Crippen LogP contribution >= 0.6 is 34.4 Å². The second-order valence-corrected chi connectivity index (χ2v) is 8.47. The van der Waals surface area contributed by atoms with Crippen LogP contribution in [0.15, 0.2) is 58.8 Å². The van der Waals surface area contributed by atoms with Gasteiger partial charge in [-0.2, -0.15) is 0 Å². The van der Waals surface area contributed by atoms with E-state index >= 15 is 0 Å². The molecule has 25 heavy (non-hydrogen) atoms. The fourth-order valence-corrected chi connectivity index (χ4v) is 4.63. The van der Waals surface area contributed by atoms with Gasteiger partial charge in [-0.1, -0.05) is 6.07 Å². The summed E-state index contributed by atoms with van der Waals surface area (Å²) < 4.78 is 12.8. The van der Waals surface area contributed by atoms with E-state index in [2.05, 4.69) is 5.32 Å². The number of amides is 1. The minimum Gasteiger partial charge on any atom is -0.382 e. The Bertz CT molecular complexity index is 815. The largest absolute Gasteiger partial charge is 0.382 e. The molecule has 1 aromatic carbocycles. The maximum absolute atomic E-state index is 12.8. The Kier molecular flexibility index (Phi) is 6.25. The zero-order valence-electron chi connectivity index (χ0n) is 13.1. The molecule has 3 aromatic rings. The van der Waals surface area contributed by atoms with Crippen molar-refractivity contribution in [2.24, 2.45) is 0 Å². The number of benzene rings is 1. The minimum absolute atomic E-state index is 0.0805. The van der Waals surface area contributed by atoms with Crippen LogP contribution in [0.4, 0.5) is 4.39 Å². The first-order valence-electron chi connectivity index (χ1n) is 7.57. The van der Waals surface area contributed by atoms with Crippen LogP contribution in [0.2, 0.25) is 0 Å². The van der Waals surface area contributed by atoms with Crippen molar-refractivity contribution in [3.63, 3.8) is 0 Å². The number of hydrogen-bond donors (Lipinski definition) is 2. The van der Waals surface area contributed by atoms with Gasteiger partial charge in [-0.3, -0.25) is 4.79 Å². The molecule has 2 N–H and O–H groups in total. The summed E-state index contributed by atoms with van der Waals surface area (Å²) in [5, 5.41) is 15.1. The van der Waals surface area contributed by atoms with E-state index in [0.717, 1.165) is 19.5 Å². The molecule has 0 aliphatic heterocycles. The monoisotopic (exact) mass is 393 g/mol. The lowest BCUT2D eigenvalue weighted by atomic mass is 10.2. The molecule has 1 unspecified atom stereocenters. The molecular formula is C18H16FNO2S3. The molecule has 0 spiro atoms. The van der Waals surface area contributed by atoms with E-state index in [1.807, 2.05) is 29.6 Å². The van der Waals surface area contributed by atoms with Gasteiger partial charge in [0.15, 0.2) is 0 Å². The van der Waals surface area contributed by atoms with Crippen LogP contribution in [0.25, 0.3) is 0 Å². The standard InChI is InChI=1S/C18H16FNO2S3/c19-12-3-5-13(6-4-12)24-11-17(21)20-10-14-7-8-16(25-14)18(22)15-2-1-9-23-15/h1-9,18,22H,10-11H2,(H,20,21). The van der Waals surface area contributed by atoms with Crippen LogP contribution in [0.1, 0.15) is 20.7 Å². The number of rotatable bonds is 7. The fourth-order valence-electron chi connectivity index (χ4n) is 2.14. The topological polar surface area (TPSA) is 49.3 Å². The maximum atomic E-state index is 12.8. The summed E-state index contributed by atoms with van der Waals surface area (Å²) in [6, 6.07) is 13.7. The highest BCUT2D eigenvalue weighted by molar-refractivity contribution is 8.00. The summed E-state index contributed by atoms with van der Waals surface area (Å²) in [5.41, 5.74) is 0. The third-order valence-electron chi connectivity index (χ3n) is 3.41. The summed E-state index contributed by atoms with van der Waals surface area (Å²) in [5.74, 6) is -0.0862. The Morgan fingerprint density at radius 1 is 1.16 bits per heavy atom. The van der Waals surface area contributed by atoms with Crippen molar-refractivity contribution in [3.05, 3.63) is 74.4 Å². The number of thioether (sulfide) groups is 1. The van der Waals surface area contributed by atoms with E-state index < -0.39 is 6.10 Å². The number of nitrogens with one attached hydrogen (secondary N) is 1. The predicted molar refractivity (Wildman–Crippen MR) is 102 cm³/mol. The zero-order chi connectivity index (χ0) is 17.6. The van der Waals surface area contributed by atoms with E-state index in [9.17, 15) is 14.3 Å². The van der Waals surface area contributed by atoms with E-state index in [-0.39, 0.29) is 17.5 Å². The molecule has 3 rings (SSSR count). The molecule has 1 amide bonds. The summed E-state index contributed by atoms with van der Waals surface area (Å²) >= 11 is 4.38. The Balaban J connectivity index is 1.47. The van der Waals surface area contributed by atoms with Crippen molar-refractivity contribution in [1.29, 1.82) is 0 Å². The average molecular weight is 394 g/mol. The van der Waals surface area contributed by atoms with Gasteiger partial charge in [-0.25, -0.2) is 4.39 Å². The van der Waals surface area contributed by atoms with Crippen LogP contribution in [0, 0.1) is 5.82 Å². The maximum Gasteiger partial charge on any atom is 0.230 e. The first kappa shape index (κ1) is 18.1. The molecule has 7 heteroatoms. The van der Waals surface area contributed by atoms with Crippen molar-refractivity contribution in [1.82, 2.24) is 5.32 Å². The van der Waals surface area contributed by atoms with E-state index in [0.29, 0.717) is 6.54 Å². The van der Waals surface area contributed by atoms with Gasteiger partial charge in [0.1, 0.15) is 11.9 Å². The second-order valence-electron chi connectivity index (χ2n) is 5.24. The molecule has 0 radical (unpaired) electrons. The smallest absolute Gasteiger partial charge is 0.230 e. The zero-order valence-corrected chi connectivity index (χ0v) is 15.6. The molecule has 2 aromatic heterocycles. The molecule has 0 fully saturated rings. The van der Waals surface area contributed by atoms with Gasteiger partial charge in [-0.05, 0) is 47.8 Å². The number of carbonyl (C=O) groups is 1. The van der Waals surface area contributed by atoms with Crippen molar-refractivity contribution < 1.29 is 14.3 Å². The average Bonchev–Trinajstić information content (AvgIpc) is 3.30. The van der Waals surface area contributed by atoms with Gasteiger partial charge in [0.2, 0.25) is 5.91 Å². The fraction of sp³-hybridized carbons (Fsp3) is 0.167. The number of aliphatic hydroxyl groups excluding tert-OH is 1. The molecule has 1 atom stereocenters. The number of thiophene rings is 2. The second kappa shape index (κ2) is 8.62. The summed E-state index contributed by atoms with van der Waals surface area (Å²) in [4.78, 5) is 15.6. The van der Waals surface area contributed by atoms with Crippen molar-refractivity contribution in [2.45, 2.75) is 17.5 Å². The molecule has 0 aliphatic carbocycles. The summed E-state index contributed by atoms with van der Waals surface area (Å²) in [6.45, 7) is 0.435. The van der Waals surface area contributed by atoms with Crippen LogP contribution in [0.3, 0.4) is 0 Å². The first-order valence-corrected chi connectivity index (χ1v) is 10.2. The highest BCUT2D eigenvalue weighted by Crippen LogP contribution is 2.30. The lowest BCUT2D eigenvalue weighted by Gasteiger charge is -2.05.